The molecule has 1 saturated carbocycles. The molecule has 2 aliphatic rings. The van der Waals surface area contributed by atoms with E-state index in [1.165, 1.54) is 18.4 Å². The lowest BCUT2D eigenvalue weighted by Crippen LogP contribution is -2.46. The van der Waals surface area contributed by atoms with Crippen molar-refractivity contribution >= 4 is 17.5 Å². The van der Waals surface area contributed by atoms with Crippen LogP contribution >= 0.6 is 0 Å². The number of nitrogens with one attached hydrogen (secondary N) is 2. The molecule has 2 N–H and O–H groups in total. The lowest BCUT2D eigenvalue weighted by molar-refractivity contribution is -0.133. The van der Waals surface area contributed by atoms with Crippen LogP contribution < -0.4 is 10.7 Å². The maximum absolute atomic E-state index is 12.3. The molecule has 1 aromatic carbocycles. The summed E-state index contributed by atoms with van der Waals surface area (Å²) in [6.07, 6.45) is 8.11. The summed E-state index contributed by atoms with van der Waals surface area (Å²) < 4.78 is 0. The van der Waals surface area contributed by atoms with E-state index in [-0.39, 0.29) is 11.8 Å². The highest BCUT2D eigenvalue weighted by Gasteiger charge is 2.22. The summed E-state index contributed by atoms with van der Waals surface area (Å²) in [4.78, 5) is 24.5. The minimum atomic E-state index is 0.00298. The predicted octanol–water partition coefficient (Wildman–Crippen LogP) is 3.41. The predicted molar refractivity (Wildman–Crippen MR) is 107 cm³/mol. The summed E-state index contributed by atoms with van der Waals surface area (Å²) in [6.45, 7) is 4.79. The van der Waals surface area contributed by atoms with Crippen LogP contribution in [0.4, 0.5) is 0 Å². The summed E-state index contributed by atoms with van der Waals surface area (Å²) in [7, 11) is 0. The van der Waals surface area contributed by atoms with Gasteiger partial charge >= 0.3 is 0 Å². The highest BCUT2D eigenvalue weighted by Crippen LogP contribution is 2.23. The van der Waals surface area contributed by atoms with Crippen LogP contribution in [0.5, 0.6) is 0 Å². The van der Waals surface area contributed by atoms with Crippen molar-refractivity contribution in [1.29, 1.82) is 0 Å². The number of benzene rings is 1. The fourth-order valence-corrected chi connectivity index (χ4v) is 3.75. The fourth-order valence-electron chi connectivity index (χ4n) is 3.75. The molecule has 5 heteroatoms. The van der Waals surface area contributed by atoms with Gasteiger partial charge in [0.05, 0.1) is 12.2 Å². The third-order valence-corrected chi connectivity index (χ3v) is 5.65. The van der Waals surface area contributed by atoms with E-state index < -0.39 is 0 Å². The van der Waals surface area contributed by atoms with Gasteiger partial charge in [0, 0.05) is 18.9 Å². The number of rotatable bonds is 6. The van der Waals surface area contributed by atoms with Crippen LogP contribution in [-0.4, -0.2) is 29.4 Å². The summed E-state index contributed by atoms with van der Waals surface area (Å²) in [5, 5.41) is 4.71. The lowest BCUT2D eigenvalue weighted by atomic mass is 9.87. The third kappa shape index (κ3) is 5.34. The van der Waals surface area contributed by atoms with Gasteiger partial charge in [-0.2, -0.15) is 0 Å². The van der Waals surface area contributed by atoms with Gasteiger partial charge in [-0.15, -0.1) is 0 Å². The van der Waals surface area contributed by atoms with E-state index in [0.29, 0.717) is 25.4 Å². The second-order valence-corrected chi connectivity index (χ2v) is 7.80. The molecule has 0 bridgehead atoms. The van der Waals surface area contributed by atoms with Crippen LogP contribution in [0.3, 0.4) is 0 Å². The van der Waals surface area contributed by atoms with Gasteiger partial charge < -0.3 is 5.32 Å². The van der Waals surface area contributed by atoms with Gasteiger partial charge in [0.25, 0.3) is 0 Å². The minimum absolute atomic E-state index is 0.00298. The number of carbonyl (C=O) groups is 2. The topological polar surface area (TPSA) is 61.4 Å². The lowest BCUT2D eigenvalue weighted by Gasteiger charge is -2.30. The molecule has 0 atom stereocenters. The highest BCUT2D eigenvalue weighted by atomic mass is 16.2. The molecule has 27 heavy (non-hydrogen) atoms. The molecule has 1 aromatic rings. The third-order valence-electron chi connectivity index (χ3n) is 5.65. The van der Waals surface area contributed by atoms with Crippen LogP contribution in [0.1, 0.15) is 63.5 Å². The van der Waals surface area contributed by atoms with Crippen molar-refractivity contribution in [3.05, 3.63) is 41.5 Å². The molecular formula is C22H31N3O2. The Kier molecular flexibility index (Phi) is 6.54. The SMILES string of the molecule is CCc1ccc(C2=CCC(=O)N(CCC(=O)NC3CCC(C)CC3)N2)cc1. The molecule has 2 amide bonds. The number of aryl methyl sites for hydroxylation is 1. The van der Waals surface area contributed by atoms with Crippen LogP contribution in [0, 0.1) is 5.92 Å². The Morgan fingerprint density at radius 1 is 1.19 bits per heavy atom. The molecule has 1 heterocycles. The monoisotopic (exact) mass is 369 g/mol. The highest BCUT2D eigenvalue weighted by molar-refractivity contribution is 5.84. The Morgan fingerprint density at radius 2 is 1.89 bits per heavy atom. The smallest absolute Gasteiger partial charge is 0.244 e. The first-order valence-corrected chi connectivity index (χ1v) is 10.2. The molecule has 1 fully saturated rings. The molecule has 146 valence electrons. The van der Waals surface area contributed by atoms with E-state index in [0.717, 1.165) is 36.4 Å². The largest absolute Gasteiger partial charge is 0.353 e. The average molecular weight is 370 g/mol. The second-order valence-electron chi connectivity index (χ2n) is 7.80. The van der Waals surface area contributed by atoms with Crippen molar-refractivity contribution in [3.8, 4) is 0 Å². The minimum Gasteiger partial charge on any atom is -0.353 e. The Morgan fingerprint density at radius 3 is 2.56 bits per heavy atom. The van der Waals surface area contributed by atoms with E-state index in [9.17, 15) is 9.59 Å². The quantitative estimate of drug-likeness (QED) is 0.808. The number of carbonyl (C=O) groups excluding carboxylic acids is 2. The van der Waals surface area contributed by atoms with E-state index in [1.807, 2.05) is 6.08 Å². The maximum Gasteiger partial charge on any atom is 0.244 e. The summed E-state index contributed by atoms with van der Waals surface area (Å²) in [6, 6.07) is 8.66. The fraction of sp³-hybridized carbons (Fsp3) is 0.545. The van der Waals surface area contributed by atoms with Crippen molar-refractivity contribution < 1.29 is 9.59 Å². The van der Waals surface area contributed by atoms with Crippen molar-refractivity contribution in [2.75, 3.05) is 6.54 Å². The number of hydrazine groups is 1. The molecule has 0 aromatic heterocycles. The summed E-state index contributed by atoms with van der Waals surface area (Å²) >= 11 is 0. The Balaban J connectivity index is 1.50. The maximum atomic E-state index is 12.3. The van der Waals surface area contributed by atoms with Gasteiger partial charge in [-0.25, -0.2) is 0 Å². The van der Waals surface area contributed by atoms with Crippen LogP contribution in [0.2, 0.25) is 0 Å². The molecule has 0 unspecified atom stereocenters. The van der Waals surface area contributed by atoms with Crippen molar-refractivity contribution in [1.82, 2.24) is 15.8 Å². The second kappa shape index (κ2) is 9.07. The van der Waals surface area contributed by atoms with Crippen LogP contribution in [0.15, 0.2) is 30.3 Å². The van der Waals surface area contributed by atoms with E-state index in [1.54, 1.807) is 5.01 Å². The molecular weight excluding hydrogens is 338 g/mol. The standard InChI is InChI=1S/C22H31N3O2/c1-3-17-6-8-18(9-7-17)20-12-13-22(27)25(24-20)15-14-21(26)23-19-10-4-16(2)5-11-19/h6-9,12,16,19,24H,3-5,10-11,13-15H2,1-2H3,(H,23,26). The molecule has 0 spiro atoms. The Hall–Kier alpha value is -2.30. The molecule has 3 rings (SSSR count). The Labute approximate surface area is 162 Å². The number of amides is 2. The van der Waals surface area contributed by atoms with Gasteiger partial charge in [-0.1, -0.05) is 38.1 Å². The van der Waals surface area contributed by atoms with Crippen molar-refractivity contribution in [2.24, 2.45) is 5.92 Å². The van der Waals surface area contributed by atoms with Gasteiger partial charge in [0.2, 0.25) is 11.8 Å². The summed E-state index contributed by atoms with van der Waals surface area (Å²) in [5.74, 6) is 0.806. The van der Waals surface area contributed by atoms with Gasteiger partial charge in [0.15, 0.2) is 0 Å². The number of hydrogen-bond acceptors (Lipinski definition) is 3. The molecule has 5 nitrogen and oxygen atoms in total. The molecule has 1 aliphatic carbocycles. The molecule has 1 aliphatic heterocycles. The van der Waals surface area contributed by atoms with Crippen LogP contribution in [0.25, 0.3) is 5.70 Å². The zero-order valence-electron chi connectivity index (χ0n) is 16.5. The molecule has 0 radical (unpaired) electrons. The Bertz CT molecular complexity index is 688. The van der Waals surface area contributed by atoms with Crippen LogP contribution in [-0.2, 0) is 16.0 Å². The normalized spacial score (nSPS) is 22.8. The average Bonchev–Trinajstić information content (AvgIpc) is 2.69. The van der Waals surface area contributed by atoms with Gasteiger partial charge in [-0.3, -0.25) is 20.0 Å². The van der Waals surface area contributed by atoms with Crippen molar-refractivity contribution in [3.63, 3.8) is 0 Å². The summed E-state index contributed by atoms with van der Waals surface area (Å²) in [5.41, 5.74) is 6.47. The zero-order chi connectivity index (χ0) is 19.2. The number of nitrogens with zero attached hydrogens (tertiary/aromatic N) is 1. The van der Waals surface area contributed by atoms with E-state index >= 15 is 0 Å². The first-order valence-electron chi connectivity index (χ1n) is 10.2. The first kappa shape index (κ1) is 19.5. The zero-order valence-corrected chi connectivity index (χ0v) is 16.5. The number of hydrogen-bond donors (Lipinski definition) is 2. The van der Waals surface area contributed by atoms with Gasteiger partial charge in [0.1, 0.15) is 0 Å². The van der Waals surface area contributed by atoms with E-state index in [2.05, 4.69) is 48.9 Å². The van der Waals surface area contributed by atoms with Gasteiger partial charge in [-0.05, 0) is 55.2 Å². The first-order chi connectivity index (χ1) is 13.0. The molecule has 0 saturated heterocycles. The van der Waals surface area contributed by atoms with Crippen molar-refractivity contribution in [2.45, 2.75) is 64.8 Å². The van der Waals surface area contributed by atoms with E-state index in [4.69, 9.17) is 0 Å².